The highest BCUT2D eigenvalue weighted by molar-refractivity contribution is 7.92. The van der Waals surface area contributed by atoms with Crippen molar-refractivity contribution in [3.05, 3.63) is 214 Å². The average Bonchev–Trinajstić information content (AvgIpc) is 3.79. The SMILES string of the molecule is COc1cccc(CN(C[C@@H](O)[C@H](Cc2ccccc2)NC(=O)c2cc(C(=O)N[C@H](C)c3ccccc3)cc(N(C)S(C)(=O)=O)c2)C(=O)CCC(=O)OCC(O)C2OC(=O)C(OCc3ccccc3)=C2OCc2ccccc2)c1. The number of esters is 2. The molecule has 0 aliphatic carbocycles. The van der Waals surface area contributed by atoms with Gasteiger partial charge in [0.1, 0.15) is 31.7 Å². The molecule has 6 aromatic rings. The zero-order valence-corrected chi connectivity index (χ0v) is 45.0. The van der Waals surface area contributed by atoms with E-state index in [9.17, 15) is 42.6 Å². The van der Waals surface area contributed by atoms with E-state index in [1.807, 2.05) is 91.0 Å². The Morgan fingerprint density at radius 2 is 1.25 bits per heavy atom. The van der Waals surface area contributed by atoms with Crippen molar-refractivity contribution < 1.29 is 66.3 Å². The number of methoxy groups -OCH3 is 1. The van der Waals surface area contributed by atoms with E-state index < -0.39 is 89.5 Å². The number of ether oxygens (including phenoxy) is 5. The lowest BCUT2D eigenvalue weighted by molar-refractivity contribution is -0.156. The first-order chi connectivity index (χ1) is 37.9. The van der Waals surface area contributed by atoms with Gasteiger partial charge in [-0.1, -0.05) is 133 Å². The van der Waals surface area contributed by atoms with Crippen LogP contribution in [0.25, 0.3) is 0 Å². The Morgan fingerprint density at radius 1 is 0.696 bits per heavy atom. The van der Waals surface area contributed by atoms with E-state index in [2.05, 4.69) is 10.6 Å². The van der Waals surface area contributed by atoms with Crippen molar-refractivity contribution in [1.29, 1.82) is 0 Å². The van der Waals surface area contributed by atoms with E-state index in [0.29, 0.717) is 11.3 Å². The van der Waals surface area contributed by atoms with Crippen molar-refractivity contribution in [1.82, 2.24) is 15.5 Å². The zero-order valence-electron chi connectivity index (χ0n) is 44.2. The van der Waals surface area contributed by atoms with Gasteiger partial charge in [-0.3, -0.25) is 23.5 Å². The predicted octanol–water partition coefficient (Wildman–Crippen LogP) is 6.57. The third-order valence-corrected chi connectivity index (χ3v) is 14.2. The van der Waals surface area contributed by atoms with E-state index in [1.165, 1.54) is 37.3 Å². The number of anilines is 1. The van der Waals surface area contributed by atoms with Gasteiger partial charge in [-0.05, 0) is 71.5 Å². The molecule has 3 amide bonds. The molecule has 18 nitrogen and oxygen atoms in total. The van der Waals surface area contributed by atoms with Crippen LogP contribution in [-0.2, 0) is 69.5 Å². The smallest absolute Gasteiger partial charge is 0.378 e. The largest absolute Gasteiger partial charge is 0.497 e. The summed E-state index contributed by atoms with van der Waals surface area (Å²) in [4.78, 5) is 70.3. The first-order valence-corrected chi connectivity index (χ1v) is 27.3. The molecule has 0 fully saturated rings. The summed E-state index contributed by atoms with van der Waals surface area (Å²) in [6, 6.07) is 45.8. The highest BCUT2D eigenvalue weighted by atomic mass is 32.2. The molecule has 1 aliphatic rings. The Labute approximate surface area is 459 Å². The van der Waals surface area contributed by atoms with Crippen molar-refractivity contribution >= 4 is 45.4 Å². The number of carbonyl (C=O) groups excluding carboxylic acids is 5. The summed E-state index contributed by atoms with van der Waals surface area (Å²) >= 11 is 0. The molecule has 0 saturated heterocycles. The molecule has 0 saturated carbocycles. The lowest BCUT2D eigenvalue weighted by atomic mass is 9.99. The third-order valence-electron chi connectivity index (χ3n) is 13.0. The molecule has 0 aromatic heterocycles. The Morgan fingerprint density at radius 3 is 1.85 bits per heavy atom. The minimum Gasteiger partial charge on any atom is -0.497 e. The maximum atomic E-state index is 14.4. The number of sulfonamides is 1. The van der Waals surface area contributed by atoms with Crippen LogP contribution < -0.4 is 19.7 Å². The highest BCUT2D eigenvalue weighted by Crippen LogP contribution is 2.30. The summed E-state index contributed by atoms with van der Waals surface area (Å²) in [6.07, 6.45) is -4.26. The molecule has 19 heteroatoms. The second-order valence-corrected chi connectivity index (χ2v) is 20.9. The number of carbonyl (C=O) groups is 5. The molecule has 0 radical (unpaired) electrons. The summed E-state index contributed by atoms with van der Waals surface area (Å²) in [5.74, 6) is -3.46. The molecule has 7 rings (SSSR count). The Bertz CT molecular complexity index is 3180. The molecule has 79 heavy (non-hydrogen) atoms. The van der Waals surface area contributed by atoms with Gasteiger partial charge in [0, 0.05) is 37.7 Å². The first kappa shape index (κ1) is 58.2. The number of cyclic esters (lactones) is 1. The molecular formula is C60H64N4O14S. The molecule has 1 heterocycles. The van der Waals surface area contributed by atoms with E-state index in [-0.39, 0.29) is 61.1 Å². The summed E-state index contributed by atoms with van der Waals surface area (Å²) < 4.78 is 54.8. The van der Waals surface area contributed by atoms with Gasteiger partial charge in [-0.15, -0.1) is 0 Å². The molecule has 2 unspecified atom stereocenters. The number of aliphatic hydroxyl groups excluding tert-OH is 2. The number of hydrogen-bond acceptors (Lipinski definition) is 14. The maximum Gasteiger partial charge on any atom is 0.378 e. The van der Waals surface area contributed by atoms with Crippen LogP contribution in [-0.4, -0.2) is 111 Å². The fraction of sp³-hybridized carbons (Fsp3) is 0.283. The predicted molar refractivity (Wildman–Crippen MR) is 293 cm³/mol. The van der Waals surface area contributed by atoms with Gasteiger partial charge in [0.05, 0.1) is 43.7 Å². The van der Waals surface area contributed by atoms with Crippen LogP contribution in [0.15, 0.2) is 175 Å². The first-order valence-electron chi connectivity index (χ1n) is 25.5. The highest BCUT2D eigenvalue weighted by Gasteiger charge is 2.43. The van der Waals surface area contributed by atoms with E-state index in [1.54, 1.807) is 61.5 Å². The van der Waals surface area contributed by atoms with Crippen molar-refractivity contribution in [3.63, 3.8) is 0 Å². The topological polar surface area (TPSA) is 237 Å². The Kier molecular flexibility index (Phi) is 20.4. The number of nitrogens with zero attached hydrogens (tertiary/aromatic N) is 2. The van der Waals surface area contributed by atoms with Crippen molar-refractivity contribution in [2.24, 2.45) is 0 Å². The van der Waals surface area contributed by atoms with Gasteiger partial charge in [0.2, 0.25) is 21.7 Å². The number of hydrogen-bond donors (Lipinski definition) is 4. The van der Waals surface area contributed by atoms with Crippen LogP contribution >= 0.6 is 0 Å². The number of benzene rings is 6. The summed E-state index contributed by atoms with van der Waals surface area (Å²) in [5, 5.41) is 29.3. The van der Waals surface area contributed by atoms with E-state index >= 15 is 0 Å². The molecule has 1 aliphatic heterocycles. The number of nitrogens with one attached hydrogen (secondary N) is 2. The molecule has 4 N–H and O–H groups in total. The standard InChI is InChI=1S/C60H64N4O14S/c1-40(45-25-15-8-16-26-45)61-58(69)46-32-47(34-48(33-46)63(2)79(4,72)73)59(70)62-50(31-41-18-9-5-10-19-41)51(65)36-64(35-44-24-17-27-49(30-44)74-3)53(67)28-29-54(68)75-39-52(66)55-56(76-37-42-20-11-6-12-21-42)57(60(71)78-55)77-38-43-22-13-7-14-23-43/h5-27,30,32-34,40,50-52,55,65-66H,28-29,31,35-39H2,1-4H3,(H,61,69)(H,62,70)/t40-,50+,51-,52?,55?/m1/s1. The average molecular weight is 1100 g/mol. The maximum absolute atomic E-state index is 14.4. The molecule has 0 spiro atoms. The minimum atomic E-state index is -3.86. The van der Waals surface area contributed by atoms with Crippen LogP contribution in [0.2, 0.25) is 0 Å². The fourth-order valence-electron chi connectivity index (χ4n) is 8.51. The van der Waals surface area contributed by atoms with Gasteiger partial charge < -0.3 is 49.4 Å². The summed E-state index contributed by atoms with van der Waals surface area (Å²) in [5.41, 5.74) is 3.63. The molecule has 6 aromatic carbocycles. The van der Waals surface area contributed by atoms with Crippen molar-refractivity contribution in [2.45, 2.75) is 76.3 Å². The molecule has 5 atom stereocenters. The summed E-state index contributed by atoms with van der Waals surface area (Å²) in [7, 11) is -1.08. The third kappa shape index (κ3) is 16.7. The van der Waals surface area contributed by atoms with Gasteiger partial charge >= 0.3 is 11.9 Å². The number of amides is 3. The lowest BCUT2D eigenvalue weighted by Crippen LogP contribution is -2.50. The van der Waals surface area contributed by atoms with Crippen LogP contribution in [0.3, 0.4) is 0 Å². The zero-order chi connectivity index (χ0) is 56.5. The fourth-order valence-corrected chi connectivity index (χ4v) is 9.00. The van der Waals surface area contributed by atoms with E-state index in [4.69, 9.17) is 23.7 Å². The number of rotatable bonds is 27. The van der Waals surface area contributed by atoms with Crippen LogP contribution in [0, 0.1) is 0 Å². The van der Waals surface area contributed by atoms with Gasteiger partial charge in [0.15, 0.2) is 11.9 Å². The van der Waals surface area contributed by atoms with E-state index in [0.717, 1.165) is 32.8 Å². The van der Waals surface area contributed by atoms with Gasteiger partial charge in [-0.25, -0.2) is 13.2 Å². The minimum absolute atomic E-state index is 0.00105. The normalized spacial score (nSPS) is 14.7. The molecule has 0 bridgehead atoms. The van der Waals surface area contributed by atoms with Gasteiger partial charge in [0.25, 0.3) is 11.8 Å². The van der Waals surface area contributed by atoms with Crippen molar-refractivity contribution in [3.8, 4) is 5.75 Å². The Balaban J connectivity index is 1.07. The quantitative estimate of drug-likeness (QED) is 0.0400. The molecular weight excluding hydrogens is 1030 g/mol. The van der Waals surface area contributed by atoms with Crippen LogP contribution in [0.5, 0.6) is 5.75 Å². The monoisotopic (exact) mass is 1100 g/mol. The lowest BCUT2D eigenvalue weighted by Gasteiger charge is -2.31. The summed E-state index contributed by atoms with van der Waals surface area (Å²) in [6.45, 7) is 0.732. The van der Waals surface area contributed by atoms with Crippen LogP contribution in [0.4, 0.5) is 5.69 Å². The Hall–Kier alpha value is -8.52. The second kappa shape index (κ2) is 27.7. The number of aliphatic hydroxyl groups is 2. The van der Waals surface area contributed by atoms with Gasteiger partial charge in [-0.2, -0.15) is 0 Å². The van der Waals surface area contributed by atoms with Crippen molar-refractivity contribution in [2.75, 3.05) is 37.9 Å². The molecule has 414 valence electrons. The van der Waals surface area contributed by atoms with Crippen LogP contribution in [0.1, 0.15) is 74.3 Å². The second-order valence-electron chi connectivity index (χ2n) is 18.9.